The highest BCUT2D eigenvalue weighted by Crippen LogP contribution is 2.33. The zero-order valence-electron chi connectivity index (χ0n) is 10.7. The summed E-state index contributed by atoms with van der Waals surface area (Å²) in [4.78, 5) is 0.428. The van der Waals surface area contributed by atoms with Gasteiger partial charge in [-0.25, -0.2) is 8.42 Å². The van der Waals surface area contributed by atoms with Gasteiger partial charge in [-0.3, -0.25) is 0 Å². The van der Waals surface area contributed by atoms with Crippen molar-refractivity contribution in [2.45, 2.75) is 44.0 Å². The van der Waals surface area contributed by atoms with Gasteiger partial charge >= 0.3 is 0 Å². The predicted molar refractivity (Wildman–Crippen MR) is 76.1 cm³/mol. The molecule has 18 heavy (non-hydrogen) atoms. The fourth-order valence-electron chi connectivity index (χ4n) is 2.06. The molecule has 2 rings (SSSR count). The molecule has 0 aromatic heterocycles. The zero-order chi connectivity index (χ0) is 13.3. The maximum absolute atomic E-state index is 12.7. The molecule has 0 heterocycles. The second-order valence-electron chi connectivity index (χ2n) is 4.76. The molecule has 0 unspecified atom stereocenters. The summed E-state index contributed by atoms with van der Waals surface area (Å²) >= 11 is 3.35. The van der Waals surface area contributed by atoms with Crippen LogP contribution in [0.15, 0.2) is 27.6 Å². The molecule has 3 nitrogen and oxygen atoms in total. The number of sulfonamides is 1. The number of benzene rings is 1. The standard InChI is InChI=1S/C13H18BrNO2S/c1-3-8-15(12-6-7-12)18(16,17)13-9-11(14)5-4-10(13)2/h4-5,9,12H,3,6-8H2,1-2H3. The minimum absolute atomic E-state index is 0.216. The van der Waals surface area contributed by atoms with E-state index < -0.39 is 10.0 Å². The van der Waals surface area contributed by atoms with Crippen LogP contribution in [0, 0.1) is 6.92 Å². The summed E-state index contributed by atoms with van der Waals surface area (Å²) in [6, 6.07) is 5.63. The number of rotatable bonds is 5. The Morgan fingerprint density at radius 3 is 2.61 bits per heavy atom. The minimum Gasteiger partial charge on any atom is -0.207 e. The third kappa shape index (κ3) is 2.78. The Labute approximate surface area is 117 Å². The summed E-state index contributed by atoms with van der Waals surface area (Å²) in [6.07, 6.45) is 2.83. The SMILES string of the molecule is CCCN(C1CC1)S(=O)(=O)c1cc(Br)ccc1C. The van der Waals surface area contributed by atoms with Crippen molar-refractivity contribution in [3.05, 3.63) is 28.2 Å². The first-order valence-electron chi connectivity index (χ1n) is 6.25. The molecular formula is C13H18BrNO2S. The van der Waals surface area contributed by atoms with E-state index in [0.29, 0.717) is 11.4 Å². The van der Waals surface area contributed by atoms with Crippen molar-refractivity contribution in [3.8, 4) is 0 Å². The van der Waals surface area contributed by atoms with Crippen molar-refractivity contribution in [3.63, 3.8) is 0 Å². The van der Waals surface area contributed by atoms with E-state index in [0.717, 1.165) is 29.3 Å². The maximum Gasteiger partial charge on any atom is 0.243 e. The van der Waals surface area contributed by atoms with E-state index in [4.69, 9.17) is 0 Å². The fraction of sp³-hybridized carbons (Fsp3) is 0.538. The third-order valence-electron chi connectivity index (χ3n) is 3.13. The molecule has 0 saturated heterocycles. The van der Waals surface area contributed by atoms with Gasteiger partial charge in [0.05, 0.1) is 4.90 Å². The molecule has 1 aromatic carbocycles. The quantitative estimate of drug-likeness (QED) is 0.829. The first-order valence-corrected chi connectivity index (χ1v) is 8.48. The van der Waals surface area contributed by atoms with Crippen LogP contribution in [0.1, 0.15) is 31.7 Å². The fourth-order valence-corrected chi connectivity index (χ4v) is 4.60. The molecule has 0 bridgehead atoms. The number of hydrogen-bond acceptors (Lipinski definition) is 2. The van der Waals surface area contributed by atoms with Crippen molar-refractivity contribution in [2.24, 2.45) is 0 Å². The Morgan fingerprint density at radius 1 is 1.39 bits per heavy atom. The molecule has 0 radical (unpaired) electrons. The summed E-state index contributed by atoms with van der Waals surface area (Å²) in [5.74, 6) is 0. The molecule has 1 saturated carbocycles. The van der Waals surface area contributed by atoms with E-state index in [-0.39, 0.29) is 6.04 Å². The van der Waals surface area contributed by atoms with Crippen LogP contribution in [-0.4, -0.2) is 25.3 Å². The van der Waals surface area contributed by atoms with Gasteiger partial charge in [-0.05, 0) is 43.9 Å². The summed E-state index contributed by atoms with van der Waals surface area (Å²) in [5, 5.41) is 0. The van der Waals surface area contributed by atoms with Crippen molar-refractivity contribution in [1.82, 2.24) is 4.31 Å². The van der Waals surface area contributed by atoms with Crippen LogP contribution in [0.3, 0.4) is 0 Å². The molecular weight excluding hydrogens is 314 g/mol. The topological polar surface area (TPSA) is 37.4 Å². The number of aryl methyl sites for hydroxylation is 1. The summed E-state index contributed by atoms with van der Waals surface area (Å²) in [7, 11) is -3.35. The Bertz CT molecular complexity index is 538. The lowest BCUT2D eigenvalue weighted by molar-refractivity contribution is 0.403. The average Bonchev–Trinajstić information content (AvgIpc) is 3.13. The normalized spacial score (nSPS) is 16.2. The van der Waals surface area contributed by atoms with Crippen LogP contribution in [0.5, 0.6) is 0 Å². The Morgan fingerprint density at radius 2 is 2.06 bits per heavy atom. The van der Waals surface area contributed by atoms with E-state index in [1.165, 1.54) is 0 Å². The van der Waals surface area contributed by atoms with Crippen LogP contribution >= 0.6 is 15.9 Å². The van der Waals surface area contributed by atoms with E-state index >= 15 is 0 Å². The minimum atomic E-state index is -3.35. The third-order valence-corrected chi connectivity index (χ3v) is 5.72. The maximum atomic E-state index is 12.7. The van der Waals surface area contributed by atoms with Gasteiger partial charge in [0.2, 0.25) is 10.0 Å². The largest absolute Gasteiger partial charge is 0.243 e. The van der Waals surface area contributed by atoms with Gasteiger partial charge in [0.15, 0.2) is 0 Å². The first-order chi connectivity index (χ1) is 8.46. The van der Waals surface area contributed by atoms with Crippen molar-refractivity contribution in [1.29, 1.82) is 0 Å². The molecule has 1 aromatic rings. The van der Waals surface area contributed by atoms with E-state index in [2.05, 4.69) is 15.9 Å². The van der Waals surface area contributed by atoms with Gasteiger partial charge in [-0.1, -0.05) is 28.9 Å². The van der Waals surface area contributed by atoms with Crippen molar-refractivity contribution >= 4 is 26.0 Å². The Kier molecular flexibility index (Phi) is 4.14. The van der Waals surface area contributed by atoms with Crippen molar-refractivity contribution < 1.29 is 8.42 Å². The highest BCUT2D eigenvalue weighted by Gasteiger charge is 2.37. The lowest BCUT2D eigenvalue weighted by atomic mass is 10.2. The van der Waals surface area contributed by atoms with E-state index in [9.17, 15) is 8.42 Å². The van der Waals surface area contributed by atoms with E-state index in [1.807, 2.05) is 26.0 Å². The van der Waals surface area contributed by atoms with Gasteiger partial charge < -0.3 is 0 Å². The molecule has 0 aliphatic heterocycles. The molecule has 100 valence electrons. The lowest BCUT2D eigenvalue weighted by Gasteiger charge is -2.22. The summed E-state index contributed by atoms with van der Waals surface area (Å²) < 4.78 is 27.8. The highest BCUT2D eigenvalue weighted by atomic mass is 79.9. The molecule has 5 heteroatoms. The van der Waals surface area contributed by atoms with Crippen LogP contribution in [0.2, 0.25) is 0 Å². The molecule has 0 amide bonds. The number of nitrogens with zero attached hydrogens (tertiary/aromatic N) is 1. The Hall–Kier alpha value is -0.390. The van der Waals surface area contributed by atoms with Gasteiger partial charge in [-0.15, -0.1) is 0 Å². The van der Waals surface area contributed by atoms with Crippen LogP contribution in [0.4, 0.5) is 0 Å². The second kappa shape index (κ2) is 5.31. The molecule has 0 N–H and O–H groups in total. The summed E-state index contributed by atoms with van der Waals surface area (Å²) in [6.45, 7) is 4.47. The lowest BCUT2D eigenvalue weighted by Crippen LogP contribution is -2.34. The van der Waals surface area contributed by atoms with E-state index in [1.54, 1.807) is 10.4 Å². The highest BCUT2D eigenvalue weighted by molar-refractivity contribution is 9.10. The predicted octanol–water partition coefficient (Wildman–Crippen LogP) is 3.32. The van der Waals surface area contributed by atoms with Crippen molar-refractivity contribution in [2.75, 3.05) is 6.54 Å². The molecule has 1 aliphatic rings. The van der Waals surface area contributed by atoms with Gasteiger partial charge in [0.1, 0.15) is 0 Å². The molecule has 1 fully saturated rings. The molecule has 0 atom stereocenters. The average molecular weight is 332 g/mol. The van der Waals surface area contributed by atoms with Crippen LogP contribution in [0.25, 0.3) is 0 Å². The molecule has 0 spiro atoms. The monoisotopic (exact) mass is 331 g/mol. The van der Waals surface area contributed by atoms with Crippen LogP contribution in [-0.2, 0) is 10.0 Å². The van der Waals surface area contributed by atoms with Crippen LogP contribution < -0.4 is 0 Å². The Balaban J connectivity index is 2.42. The first kappa shape index (κ1) is 14.0. The smallest absolute Gasteiger partial charge is 0.207 e. The summed E-state index contributed by atoms with van der Waals surface area (Å²) in [5.41, 5.74) is 0.806. The zero-order valence-corrected chi connectivity index (χ0v) is 13.1. The molecule has 1 aliphatic carbocycles. The van der Waals surface area contributed by atoms with Gasteiger partial charge in [0, 0.05) is 17.1 Å². The number of halogens is 1. The number of hydrogen-bond donors (Lipinski definition) is 0. The second-order valence-corrected chi connectivity index (χ2v) is 7.53. The van der Waals surface area contributed by atoms with Gasteiger partial charge in [-0.2, -0.15) is 4.31 Å². The van der Waals surface area contributed by atoms with Gasteiger partial charge in [0.25, 0.3) is 0 Å².